The van der Waals surface area contributed by atoms with E-state index in [9.17, 15) is 9.59 Å². The summed E-state index contributed by atoms with van der Waals surface area (Å²) in [6.07, 6.45) is 0. The summed E-state index contributed by atoms with van der Waals surface area (Å²) in [5.74, 6) is 0.0722. The molecule has 0 atom stereocenters. The predicted octanol–water partition coefficient (Wildman–Crippen LogP) is 3.49. The highest BCUT2D eigenvalue weighted by atomic mass is 35.5. The molecule has 0 bridgehead atoms. The Hall–Kier alpha value is -2.80. The van der Waals surface area contributed by atoms with Crippen LogP contribution in [-0.4, -0.2) is 49.0 Å². The van der Waals surface area contributed by atoms with Gasteiger partial charge in [-0.2, -0.15) is 0 Å². The lowest BCUT2D eigenvalue weighted by Crippen LogP contribution is -2.31. The molecule has 0 unspecified atom stereocenters. The monoisotopic (exact) mass is 391 g/mol. The van der Waals surface area contributed by atoms with Crippen LogP contribution in [0.3, 0.4) is 0 Å². The molecule has 144 valence electrons. The zero-order valence-corrected chi connectivity index (χ0v) is 16.5. The van der Waals surface area contributed by atoms with Crippen LogP contribution < -0.4 is 14.8 Å². The van der Waals surface area contributed by atoms with Crippen LogP contribution >= 0.6 is 11.6 Å². The first kappa shape index (κ1) is 20.5. The van der Waals surface area contributed by atoms with Gasteiger partial charge in [0.05, 0.1) is 24.9 Å². The zero-order valence-electron chi connectivity index (χ0n) is 15.7. The number of hydrogen-bond donors (Lipinski definition) is 1. The Morgan fingerprint density at radius 2 is 1.70 bits per heavy atom. The molecular formula is C19H22ClN3O4. The van der Waals surface area contributed by atoms with Crippen molar-refractivity contribution in [2.75, 3.05) is 32.6 Å². The van der Waals surface area contributed by atoms with Gasteiger partial charge in [-0.1, -0.05) is 17.7 Å². The van der Waals surface area contributed by atoms with Crippen molar-refractivity contribution in [2.45, 2.75) is 13.8 Å². The highest BCUT2D eigenvalue weighted by Crippen LogP contribution is 2.36. The number of nitrogens with zero attached hydrogens (tertiary/aromatic N) is 2. The number of hydrogen-bond acceptors (Lipinski definition) is 5. The number of amides is 2. The fourth-order valence-electron chi connectivity index (χ4n) is 2.50. The number of pyridine rings is 1. The van der Waals surface area contributed by atoms with Gasteiger partial charge in [0.15, 0.2) is 0 Å². The van der Waals surface area contributed by atoms with Crippen molar-refractivity contribution < 1.29 is 19.1 Å². The second-order valence-corrected chi connectivity index (χ2v) is 5.93. The maximum Gasteiger partial charge on any atom is 0.274 e. The standard InChI is InChI=1S/C19H22ClN3O4/c1-5-23(6-2)19(25)14-9-7-8-13(21-14)18(24)22-15-11-16(26-3)12(20)10-17(15)27-4/h7-11H,5-6H2,1-4H3,(H,22,24). The summed E-state index contributed by atoms with van der Waals surface area (Å²) in [5, 5.41) is 3.07. The number of nitrogens with one attached hydrogen (secondary N) is 1. The Morgan fingerprint density at radius 3 is 2.30 bits per heavy atom. The zero-order chi connectivity index (χ0) is 20.0. The Labute approximate surface area is 163 Å². The van der Waals surface area contributed by atoms with Crippen LogP contribution in [0.4, 0.5) is 5.69 Å². The minimum atomic E-state index is -0.480. The molecule has 8 heteroatoms. The summed E-state index contributed by atoms with van der Waals surface area (Å²) < 4.78 is 10.4. The smallest absolute Gasteiger partial charge is 0.274 e. The average Bonchev–Trinajstić information content (AvgIpc) is 2.69. The van der Waals surface area contributed by atoms with E-state index in [1.54, 1.807) is 29.2 Å². The van der Waals surface area contributed by atoms with E-state index >= 15 is 0 Å². The molecule has 0 fully saturated rings. The molecule has 1 aromatic carbocycles. The molecule has 0 aliphatic carbocycles. The van der Waals surface area contributed by atoms with Crippen molar-refractivity contribution in [3.63, 3.8) is 0 Å². The van der Waals surface area contributed by atoms with Crippen molar-refractivity contribution in [1.82, 2.24) is 9.88 Å². The number of anilines is 1. The highest BCUT2D eigenvalue weighted by molar-refractivity contribution is 6.32. The molecule has 7 nitrogen and oxygen atoms in total. The SMILES string of the molecule is CCN(CC)C(=O)c1cccc(C(=O)Nc2cc(OC)c(Cl)cc2OC)n1. The fraction of sp³-hybridized carbons (Fsp3) is 0.316. The van der Waals surface area contributed by atoms with Crippen LogP contribution in [0.25, 0.3) is 0 Å². The van der Waals surface area contributed by atoms with Gasteiger partial charge in [-0.05, 0) is 26.0 Å². The minimum absolute atomic E-state index is 0.115. The van der Waals surface area contributed by atoms with Crippen LogP contribution in [0.15, 0.2) is 30.3 Å². The van der Waals surface area contributed by atoms with Crippen molar-refractivity contribution >= 4 is 29.1 Å². The Kier molecular flexibility index (Phi) is 7.01. The molecular weight excluding hydrogens is 370 g/mol. The molecule has 0 saturated carbocycles. The third-order valence-corrected chi connectivity index (χ3v) is 4.27. The number of halogens is 1. The molecule has 1 aromatic heterocycles. The molecule has 0 aliphatic rings. The molecule has 0 aliphatic heterocycles. The molecule has 27 heavy (non-hydrogen) atoms. The minimum Gasteiger partial charge on any atom is -0.495 e. The Balaban J connectivity index is 2.29. The van der Waals surface area contributed by atoms with E-state index in [0.717, 1.165) is 0 Å². The van der Waals surface area contributed by atoms with Crippen LogP contribution in [0.5, 0.6) is 11.5 Å². The van der Waals surface area contributed by atoms with Gasteiger partial charge in [0, 0.05) is 25.2 Å². The largest absolute Gasteiger partial charge is 0.495 e. The third-order valence-electron chi connectivity index (χ3n) is 3.97. The van der Waals surface area contributed by atoms with Crippen LogP contribution in [0.2, 0.25) is 5.02 Å². The molecule has 2 amide bonds. The van der Waals surface area contributed by atoms with Gasteiger partial charge in [-0.3, -0.25) is 9.59 Å². The third kappa shape index (κ3) is 4.68. The number of aromatic nitrogens is 1. The van der Waals surface area contributed by atoms with Crippen molar-refractivity contribution in [1.29, 1.82) is 0 Å². The van der Waals surface area contributed by atoms with E-state index in [1.165, 1.54) is 20.3 Å². The summed E-state index contributed by atoms with van der Waals surface area (Å²) in [6.45, 7) is 4.90. The van der Waals surface area contributed by atoms with Crippen LogP contribution in [0.1, 0.15) is 34.8 Å². The van der Waals surface area contributed by atoms with Crippen molar-refractivity contribution in [3.8, 4) is 11.5 Å². The number of methoxy groups -OCH3 is 2. The van der Waals surface area contributed by atoms with E-state index in [4.69, 9.17) is 21.1 Å². The van der Waals surface area contributed by atoms with Gasteiger partial charge >= 0.3 is 0 Å². The number of benzene rings is 1. The van der Waals surface area contributed by atoms with Gasteiger partial charge in [-0.15, -0.1) is 0 Å². The molecule has 1 N–H and O–H groups in total. The van der Waals surface area contributed by atoms with E-state index < -0.39 is 5.91 Å². The molecule has 2 rings (SSSR count). The summed E-state index contributed by atoms with van der Waals surface area (Å²) in [7, 11) is 2.94. The first-order valence-corrected chi connectivity index (χ1v) is 8.82. The van der Waals surface area contributed by atoms with Crippen molar-refractivity contribution in [3.05, 3.63) is 46.7 Å². The second-order valence-electron chi connectivity index (χ2n) is 5.53. The number of carbonyl (C=O) groups excluding carboxylic acids is 2. The first-order chi connectivity index (χ1) is 12.9. The topological polar surface area (TPSA) is 80.8 Å². The normalized spacial score (nSPS) is 10.3. The van der Waals surface area contributed by atoms with Gasteiger partial charge < -0.3 is 19.7 Å². The van der Waals surface area contributed by atoms with Crippen LogP contribution in [0, 0.1) is 0 Å². The Bertz CT molecular complexity index is 838. The molecule has 0 saturated heterocycles. The number of ether oxygens (including phenoxy) is 2. The average molecular weight is 392 g/mol. The molecule has 2 aromatic rings. The van der Waals surface area contributed by atoms with Gasteiger partial charge in [0.25, 0.3) is 11.8 Å². The second kappa shape index (κ2) is 9.23. The number of rotatable bonds is 7. The lowest BCUT2D eigenvalue weighted by Gasteiger charge is -2.18. The van der Waals surface area contributed by atoms with E-state index in [0.29, 0.717) is 35.3 Å². The lowest BCUT2D eigenvalue weighted by atomic mass is 10.2. The lowest BCUT2D eigenvalue weighted by molar-refractivity contribution is 0.0767. The van der Waals surface area contributed by atoms with Crippen LogP contribution in [-0.2, 0) is 0 Å². The summed E-state index contributed by atoms with van der Waals surface area (Å²) in [4.78, 5) is 30.9. The van der Waals surface area contributed by atoms with Crippen molar-refractivity contribution in [2.24, 2.45) is 0 Å². The maximum atomic E-state index is 12.6. The maximum absolute atomic E-state index is 12.6. The predicted molar refractivity (Wildman–Crippen MR) is 104 cm³/mol. The van der Waals surface area contributed by atoms with E-state index in [-0.39, 0.29) is 17.3 Å². The van der Waals surface area contributed by atoms with Gasteiger partial charge in [-0.25, -0.2) is 4.98 Å². The summed E-state index contributed by atoms with van der Waals surface area (Å²) in [6, 6.07) is 7.85. The molecule has 0 spiro atoms. The fourth-order valence-corrected chi connectivity index (χ4v) is 2.73. The molecule has 1 heterocycles. The van der Waals surface area contributed by atoms with E-state index in [1.807, 2.05) is 13.8 Å². The number of carbonyl (C=O) groups is 2. The quantitative estimate of drug-likeness (QED) is 0.781. The van der Waals surface area contributed by atoms with E-state index in [2.05, 4.69) is 10.3 Å². The summed E-state index contributed by atoms with van der Waals surface area (Å²) >= 11 is 6.07. The van der Waals surface area contributed by atoms with Gasteiger partial charge in [0.1, 0.15) is 22.9 Å². The Morgan fingerprint density at radius 1 is 1.07 bits per heavy atom. The van der Waals surface area contributed by atoms with Gasteiger partial charge in [0.2, 0.25) is 0 Å². The first-order valence-electron chi connectivity index (χ1n) is 8.44. The summed E-state index contributed by atoms with van der Waals surface area (Å²) in [5.41, 5.74) is 0.710. The highest BCUT2D eigenvalue weighted by Gasteiger charge is 2.18. The molecule has 0 radical (unpaired) electrons.